The van der Waals surface area contributed by atoms with Gasteiger partial charge < -0.3 is 9.80 Å². The molecule has 3 nitrogen and oxygen atoms in total. The van der Waals surface area contributed by atoms with Gasteiger partial charge in [0.15, 0.2) is 0 Å². The third-order valence-corrected chi connectivity index (χ3v) is 3.44. The average Bonchev–Trinajstić information content (AvgIpc) is 2.52. The topological polar surface area (TPSA) is 23.6 Å². The van der Waals surface area contributed by atoms with Gasteiger partial charge in [-0.15, -0.1) is 0 Å². The lowest BCUT2D eigenvalue weighted by Gasteiger charge is -2.21. The molecule has 1 aliphatic rings. The molecule has 0 spiro atoms. The molecule has 0 saturated carbocycles. The van der Waals surface area contributed by atoms with Crippen LogP contribution in [-0.2, 0) is 4.79 Å². The first-order valence-corrected chi connectivity index (χ1v) is 7.46. The average molecular weight is 291 g/mol. The molecule has 1 rings (SSSR count). The third-order valence-electron chi connectivity index (χ3n) is 3.09. The molecule has 0 aromatic rings. The second kappa shape index (κ2) is 8.07. The Labute approximate surface area is 107 Å². The number of halogens is 1. The fraction of sp³-hybridized carbons (Fsp3) is 0.917. The van der Waals surface area contributed by atoms with Gasteiger partial charge in [-0.3, -0.25) is 4.79 Å². The van der Waals surface area contributed by atoms with Crippen LogP contribution >= 0.6 is 15.9 Å². The van der Waals surface area contributed by atoms with Crippen LogP contribution in [0.4, 0.5) is 0 Å². The number of hydrogen-bond acceptors (Lipinski definition) is 2. The van der Waals surface area contributed by atoms with E-state index in [-0.39, 0.29) is 0 Å². The maximum atomic E-state index is 11.9. The summed E-state index contributed by atoms with van der Waals surface area (Å²) >= 11 is 3.47. The summed E-state index contributed by atoms with van der Waals surface area (Å²) in [6.07, 6.45) is 3.98. The minimum atomic E-state index is 0.350. The number of unbranched alkanes of at least 4 members (excludes halogenated alkanes) is 1. The van der Waals surface area contributed by atoms with E-state index in [9.17, 15) is 4.79 Å². The molecule has 1 saturated heterocycles. The van der Waals surface area contributed by atoms with Crippen molar-refractivity contribution in [2.24, 2.45) is 0 Å². The summed E-state index contributed by atoms with van der Waals surface area (Å²) < 4.78 is 0. The van der Waals surface area contributed by atoms with Crippen LogP contribution < -0.4 is 0 Å². The van der Waals surface area contributed by atoms with E-state index < -0.39 is 0 Å². The van der Waals surface area contributed by atoms with Crippen molar-refractivity contribution in [2.45, 2.75) is 32.6 Å². The maximum Gasteiger partial charge on any atom is 0.222 e. The van der Waals surface area contributed by atoms with Crippen molar-refractivity contribution >= 4 is 21.8 Å². The van der Waals surface area contributed by atoms with Crippen molar-refractivity contribution < 1.29 is 4.79 Å². The molecule has 1 fully saturated rings. The molecule has 0 aromatic heterocycles. The molecule has 0 aromatic carbocycles. The minimum absolute atomic E-state index is 0.350. The molecule has 1 heterocycles. The molecule has 0 unspecified atom stereocenters. The van der Waals surface area contributed by atoms with Crippen LogP contribution in [0, 0.1) is 0 Å². The van der Waals surface area contributed by atoms with E-state index >= 15 is 0 Å². The van der Waals surface area contributed by atoms with E-state index in [1.54, 1.807) is 0 Å². The normalized spacial score (nSPS) is 18.5. The molecule has 0 bridgehead atoms. The highest BCUT2D eigenvalue weighted by atomic mass is 79.9. The number of amides is 1. The van der Waals surface area contributed by atoms with Crippen LogP contribution in [0.5, 0.6) is 0 Å². The molecule has 0 aliphatic carbocycles. The SMILES string of the molecule is CCCCC(=O)N1CCCN(CCBr)CC1. The molecule has 0 N–H and O–H groups in total. The molecule has 0 radical (unpaired) electrons. The summed E-state index contributed by atoms with van der Waals surface area (Å²) in [5, 5.41) is 1.02. The quantitative estimate of drug-likeness (QED) is 0.724. The van der Waals surface area contributed by atoms with Gasteiger partial charge in [0.2, 0.25) is 5.91 Å². The van der Waals surface area contributed by atoms with E-state index in [0.29, 0.717) is 5.91 Å². The van der Waals surface area contributed by atoms with Gasteiger partial charge in [0.05, 0.1) is 0 Å². The van der Waals surface area contributed by atoms with Crippen LogP contribution in [-0.4, -0.2) is 53.8 Å². The largest absolute Gasteiger partial charge is 0.341 e. The minimum Gasteiger partial charge on any atom is -0.341 e. The van der Waals surface area contributed by atoms with Gasteiger partial charge in [-0.05, 0) is 19.4 Å². The standard InChI is InChI=1S/C12H23BrN2O/c1-2-3-5-12(16)15-8-4-7-14(9-6-13)10-11-15/h2-11H2,1H3. The van der Waals surface area contributed by atoms with Crippen molar-refractivity contribution in [3.63, 3.8) is 0 Å². The van der Waals surface area contributed by atoms with E-state index in [0.717, 1.165) is 63.7 Å². The lowest BCUT2D eigenvalue weighted by atomic mass is 10.2. The first-order chi connectivity index (χ1) is 7.77. The van der Waals surface area contributed by atoms with E-state index in [4.69, 9.17) is 0 Å². The van der Waals surface area contributed by atoms with Crippen LogP contribution in [0.1, 0.15) is 32.6 Å². The summed E-state index contributed by atoms with van der Waals surface area (Å²) in [6, 6.07) is 0. The molecule has 0 atom stereocenters. The summed E-state index contributed by atoms with van der Waals surface area (Å²) in [4.78, 5) is 16.4. The van der Waals surface area contributed by atoms with Gasteiger partial charge >= 0.3 is 0 Å². The van der Waals surface area contributed by atoms with E-state index in [1.807, 2.05) is 4.90 Å². The number of carbonyl (C=O) groups is 1. The Morgan fingerprint density at radius 3 is 2.75 bits per heavy atom. The summed E-state index contributed by atoms with van der Waals surface area (Å²) in [5.74, 6) is 0.350. The van der Waals surface area contributed by atoms with Gasteiger partial charge in [0.1, 0.15) is 0 Å². The molecular formula is C12H23BrN2O. The van der Waals surface area contributed by atoms with Crippen molar-refractivity contribution in [3.05, 3.63) is 0 Å². The first-order valence-electron chi connectivity index (χ1n) is 6.34. The Bertz CT molecular complexity index is 211. The van der Waals surface area contributed by atoms with Crippen molar-refractivity contribution in [3.8, 4) is 0 Å². The number of nitrogens with zero attached hydrogens (tertiary/aromatic N) is 2. The van der Waals surface area contributed by atoms with Gasteiger partial charge in [0.25, 0.3) is 0 Å². The molecule has 16 heavy (non-hydrogen) atoms. The Morgan fingerprint density at radius 1 is 1.25 bits per heavy atom. The highest BCUT2D eigenvalue weighted by molar-refractivity contribution is 9.09. The lowest BCUT2D eigenvalue weighted by Crippen LogP contribution is -2.35. The summed E-state index contributed by atoms with van der Waals surface area (Å²) in [5.41, 5.74) is 0. The fourth-order valence-corrected chi connectivity index (χ4v) is 2.55. The zero-order valence-electron chi connectivity index (χ0n) is 10.3. The summed E-state index contributed by atoms with van der Waals surface area (Å²) in [7, 11) is 0. The molecule has 4 heteroatoms. The van der Waals surface area contributed by atoms with Crippen LogP contribution in [0.2, 0.25) is 0 Å². The predicted octanol–water partition coefficient (Wildman–Crippen LogP) is 2.11. The van der Waals surface area contributed by atoms with Gasteiger partial charge in [-0.2, -0.15) is 0 Å². The highest BCUT2D eigenvalue weighted by Gasteiger charge is 2.17. The van der Waals surface area contributed by atoms with Crippen LogP contribution in [0.3, 0.4) is 0 Å². The lowest BCUT2D eigenvalue weighted by molar-refractivity contribution is -0.131. The third kappa shape index (κ3) is 4.83. The second-order valence-electron chi connectivity index (χ2n) is 4.37. The number of hydrogen-bond donors (Lipinski definition) is 0. The number of rotatable bonds is 5. The van der Waals surface area contributed by atoms with Crippen molar-refractivity contribution in [2.75, 3.05) is 38.1 Å². The number of alkyl halides is 1. The molecule has 94 valence electrons. The Kier molecular flexibility index (Phi) is 7.05. The Balaban J connectivity index is 2.31. The number of carbonyl (C=O) groups excluding carboxylic acids is 1. The zero-order chi connectivity index (χ0) is 11.8. The molecule has 1 aliphatic heterocycles. The van der Waals surface area contributed by atoms with E-state index in [1.165, 1.54) is 0 Å². The van der Waals surface area contributed by atoms with Gasteiger partial charge in [0, 0.05) is 37.9 Å². The fourth-order valence-electron chi connectivity index (χ4n) is 2.05. The van der Waals surface area contributed by atoms with Gasteiger partial charge in [-0.25, -0.2) is 0 Å². The first kappa shape index (κ1) is 14.0. The smallest absolute Gasteiger partial charge is 0.222 e. The monoisotopic (exact) mass is 290 g/mol. The Hall–Kier alpha value is -0.0900. The second-order valence-corrected chi connectivity index (χ2v) is 5.16. The molecular weight excluding hydrogens is 268 g/mol. The van der Waals surface area contributed by atoms with Crippen molar-refractivity contribution in [1.82, 2.24) is 9.80 Å². The van der Waals surface area contributed by atoms with Gasteiger partial charge in [-0.1, -0.05) is 29.3 Å². The van der Waals surface area contributed by atoms with Crippen molar-refractivity contribution in [1.29, 1.82) is 0 Å². The van der Waals surface area contributed by atoms with Crippen LogP contribution in [0.15, 0.2) is 0 Å². The maximum absolute atomic E-state index is 11.9. The van der Waals surface area contributed by atoms with Crippen LogP contribution in [0.25, 0.3) is 0 Å². The zero-order valence-corrected chi connectivity index (χ0v) is 11.8. The molecule has 1 amide bonds. The Morgan fingerprint density at radius 2 is 2.06 bits per heavy atom. The van der Waals surface area contributed by atoms with E-state index in [2.05, 4.69) is 27.8 Å². The predicted molar refractivity (Wildman–Crippen MR) is 71.0 cm³/mol. The highest BCUT2D eigenvalue weighted by Crippen LogP contribution is 2.07. The summed E-state index contributed by atoms with van der Waals surface area (Å²) in [6.45, 7) is 7.24.